The molecule has 2 rings (SSSR count). The second kappa shape index (κ2) is 5.86. The van der Waals surface area contributed by atoms with Gasteiger partial charge in [0.25, 0.3) is 0 Å². The van der Waals surface area contributed by atoms with Gasteiger partial charge in [-0.25, -0.2) is 0 Å². The summed E-state index contributed by atoms with van der Waals surface area (Å²) in [4.78, 5) is 0. The van der Waals surface area contributed by atoms with E-state index in [0.717, 1.165) is 22.3 Å². The van der Waals surface area contributed by atoms with Gasteiger partial charge in [0.1, 0.15) is 5.75 Å². The number of hydrogen-bond acceptors (Lipinski definition) is 5. The summed E-state index contributed by atoms with van der Waals surface area (Å²) in [5.41, 5.74) is 0.937. The Bertz CT molecular complexity index is 495. The summed E-state index contributed by atoms with van der Waals surface area (Å²) in [5, 5.41) is 12.6. The van der Waals surface area contributed by atoms with Crippen molar-refractivity contribution in [3.05, 3.63) is 24.3 Å². The zero-order valence-corrected chi connectivity index (χ0v) is 11.5. The second-order valence-electron chi connectivity index (χ2n) is 4.28. The van der Waals surface area contributed by atoms with Gasteiger partial charge in [-0.05, 0) is 40.6 Å². The summed E-state index contributed by atoms with van der Waals surface area (Å²) >= 11 is 1.66. The highest BCUT2D eigenvalue weighted by Gasteiger charge is 2.09. The van der Waals surface area contributed by atoms with E-state index in [1.54, 1.807) is 23.6 Å². The number of hydrogen-bond donors (Lipinski definition) is 0. The zero-order valence-electron chi connectivity index (χ0n) is 10.7. The van der Waals surface area contributed by atoms with Crippen molar-refractivity contribution < 1.29 is 4.74 Å². The molecule has 0 radical (unpaired) electrons. The quantitative estimate of drug-likeness (QED) is 0.776. The van der Waals surface area contributed by atoms with E-state index < -0.39 is 0 Å². The Morgan fingerprint density at radius 1 is 1.28 bits per heavy atom. The molecule has 1 aromatic carbocycles. The molecule has 0 saturated carbocycles. The molecule has 0 fully saturated rings. The lowest BCUT2D eigenvalue weighted by molar-refractivity contribution is 0.414. The van der Waals surface area contributed by atoms with Gasteiger partial charge in [0.15, 0.2) is 0 Å². The molecule has 18 heavy (non-hydrogen) atoms. The van der Waals surface area contributed by atoms with Crippen LogP contribution in [-0.2, 0) is 0 Å². The average Bonchev–Trinajstić information content (AvgIpc) is 2.85. The van der Waals surface area contributed by atoms with Crippen molar-refractivity contribution in [3.8, 4) is 11.4 Å². The van der Waals surface area contributed by atoms with Gasteiger partial charge in [-0.15, -0.1) is 5.10 Å². The van der Waals surface area contributed by atoms with E-state index in [4.69, 9.17) is 4.74 Å². The summed E-state index contributed by atoms with van der Waals surface area (Å²) in [6, 6.07) is 7.67. The lowest BCUT2D eigenvalue weighted by Gasteiger charge is -2.06. The summed E-state index contributed by atoms with van der Waals surface area (Å²) in [5.74, 6) is 2.43. The predicted octanol–water partition coefficient (Wildman–Crippen LogP) is 2.42. The summed E-state index contributed by atoms with van der Waals surface area (Å²) in [6.07, 6.45) is 0. The number of nitrogens with zero attached hydrogens (tertiary/aromatic N) is 4. The standard InChI is InChI=1S/C12H16N4OS/c1-9(2)8-18-12-13-14-15-16(12)10-4-6-11(17-3)7-5-10/h4-7,9H,8H2,1-3H3. The zero-order chi connectivity index (χ0) is 13.0. The third kappa shape index (κ3) is 3.01. The molecule has 0 amide bonds. The van der Waals surface area contributed by atoms with Crippen LogP contribution in [0.2, 0.25) is 0 Å². The van der Waals surface area contributed by atoms with E-state index in [1.807, 2.05) is 24.3 Å². The van der Waals surface area contributed by atoms with Gasteiger partial charge >= 0.3 is 0 Å². The highest BCUT2D eigenvalue weighted by molar-refractivity contribution is 7.99. The number of aromatic nitrogens is 4. The fourth-order valence-electron chi connectivity index (χ4n) is 1.40. The topological polar surface area (TPSA) is 52.8 Å². The van der Waals surface area contributed by atoms with Crippen LogP contribution in [0.3, 0.4) is 0 Å². The first-order valence-electron chi connectivity index (χ1n) is 5.76. The minimum atomic E-state index is 0.607. The molecule has 0 aliphatic heterocycles. The fourth-order valence-corrected chi connectivity index (χ4v) is 2.24. The maximum atomic E-state index is 5.13. The van der Waals surface area contributed by atoms with E-state index in [-0.39, 0.29) is 0 Å². The average molecular weight is 264 g/mol. The number of rotatable bonds is 5. The van der Waals surface area contributed by atoms with Crippen molar-refractivity contribution in [1.29, 1.82) is 0 Å². The molecule has 0 bridgehead atoms. The molecule has 0 spiro atoms. The van der Waals surface area contributed by atoms with E-state index >= 15 is 0 Å². The molecule has 96 valence electrons. The molecule has 0 unspecified atom stereocenters. The van der Waals surface area contributed by atoms with Crippen LogP contribution in [0.5, 0.6) is 5.75 Å². The molecule has 1 heterocycles. The fraction of sp³-hybridized carbons (Fsp3) is 0.417. The molecule has 6 heteroatoms. The van der Waals surface area contributed by atoms with Gasteiger partial charge in [-0.1, -0.05) is 25.6 Å². The Morgan fingerprint density at radius 2 is 2.00 bits per heavy atom. The Labute approximate surface area is 111 Å². The monoisotopic (exact) mass is 264 g/mol. The largest absolute Gasteiger partial charge is 0.497 e. The number of thioether (sulfide) groups is 1. The normalized spacial score (nSPS) is 10.9. The van der Waals surface area contributed by atoms with Gasteiger partial charge in [0.2, 0.25) is 5.16 Å². The smallest absolute Gasteiger partial charge is 0.214 e. The van der Waals surface area contributed by atoms with E-state index in [2.05, 4.69) is 29.4 Å². The van der Waals surface area contributed by atoms with Crippen LogP contribution in [0.25, 0.3) is 5.69 Å². The van der Waals surface area contributed by atoms with Crippen LogP contribution in [-0.4, -0.2) is 33.1 Å². The number of tetrazole rings is 1. The Hall–Kier alpha value is -1.56. The van der Waals surface area contributed by atoms with Crippen molar-refractivity contribution in [1.82, 2.24) is 20.2 Å². The highest BCUT2D eigenvalue weighted by atomic mass is 32.2. The van der Waals surface area contributed by atoms with Gasteiger partial charge in [-0.3, -0.25) is 0 Å². The minimum absolute atomic E-state index is 0.607. The SMILES string of the molecule is COc1ccc(-n2nnnc2SCC(C)C)cc1. The Kier molecular flexibility index (Phi) is 4.19. The second-order valence-corrected chi connectivity index (χ2v) is 5.26. The molecular weight excluding hydrogens is 248 g/mol. The van der Waals surface area contributed by atoms with Crippen LogP contribution in [0.4, 0.5) is 0 Å². The van der Waals surface area contributed by atoms with Crippen LogP contribution in [0.1, 0.15) is 13.8 Å². The number of methoxy groups -OCH3 is 1. The van der Waals surface area contributed by atoms with Crippen molar-refractivity contribution >= 4 is 11.8 Å². The maximum Gasteiger partial charge on any atom is 0.214 e. The van der Waals surface area contributed by atoms with E-state index in [0.29, 0.717) is 5.92 Å². The Morgan fingerprint density at radius 3 is 2.61 bits per heavy atom. The Balaban J connectivity index is 2.19. The van der Waals surface area contributed by atoms with E-state index in [1.165, 1.54) is 0 Å². The van der Waals surface area contributed by atoms with E-state index in [9.17, 15) is 0 Å². The maximum absolute atomic E-state index is 5.13. The minimum Gasteiger partial charge on any atom is -0.497 e. The molecule has 0 aliphatic carbocycles. The van der Waals surface area contributed by atoms with Crippen molar-refractivity contribution in [2.45, 2.75) is 19.0 Å². The first kappa shape index (κ1) is 12.9. The van der Waals surface area contributed by atoms with Gasteiger partial charge in [0, 0.05) is 5.75 Å². The highest BCUT2D eigenvalue weighted by Crippen LogP contribution is 2.21. The van der Waals surface area contributed by atoms with Crippen LogP contribution in [0, 0.1) is 5.92 Å². The lowest BCUT2D eigenvalue weighted by atomic mass is 10.3. The third-order valence-corrected chi connectivity index (χ3v) is 3.65. The first-order valence-corrected chi connectivity index (χ1v) is 6.75. The number of ether oxygens (including phenoxy) is 1. The molecule has 0 N–H and O–H groups in total. The third-order valence-electron chi connectivity index (χ3n) is 2.30. The van der Waals surface area contributed by atoms with Crippen molar-refractivity contribution in [3.63, 3.8) is 0 Å². The van der Waals surface area contributed by atoms with Gasteiger partial charge < -0.3 is 4.74 Å². The molecule has 2 aromatic rings. The molecule has 5 nitrogen and oxygen atoms in total. The lowest BCUT2D eigenvalue weighted by Crippen LogP contribution is -2.00. The van der Waals surface area contributed by atoms with Crippen LogP contribution < -0.4 is 4.74 Å². The van der Waals surface area contributed by atoms with Gasteiger partial charge in [-0.2, -0.15) is 4.68 Å². The predicted molar refractivity (Wildman–Crippen MR) is 71.3 cm³/mol. The van der Waals surface area contributed by atoms with Crippen LogP contribution >= 0.6 is 11.8 Å². The molecule has 0 saturated heterocycles. The molecular formula is C12H16N4OS. The van der Waals surface area contributed by atoms with Crippen molar-refractivity contribution in [2.24, 2.45) is 5.92 Å². The molecule has 0 aliphatic rings. The first-order chi connectivity index (χ1) is 8.70. The van der Waals surface area contributed by atoms with Crippen LogP contribution in [0.15, 0.2) is 29.4 Å². The van der Waals surface area contributed by atoms with Gasteiger partial charge in [0.05, 0.1) is 12.8 Å². The summed E-state index contributed by atoms with van der Waals surface area (Å²) in [7, 11) is 1.65. The molecule has 1 aromatic heterocycles. The van der Waals surface area contributed by atoms with Crippen molar-refractivity contribution in [2.75, 3.05) is 12.9 Å². The summed E-state index contributed by atoms with van der Waals surface area (Å²) in [6.45, 7) is 4.35. The molecule has 0 atom stereocenters. The summed E-state index contributed by atoms with van der Waals surface area (Å²) < 4.78 is 6.87. The number of benzene rings is 1.